The minimum absolute atomic E-state index is 0.0293. The van der Waals surface area contributed by atoms with Gasteiger partial charge in [0.2, 0.25) is 5.95 Å². The largest absolute Gasteiger partial charge is 0.480 e. The molecule has 1 saturated heterocycles. The molecule has 1 N–H and O–H groups in total. The number of aliphatic carboxylic acids is 1. The van der Waals surface area contributed by atoms with Crippen LogP contribution < -0.4 is 4.90 Å². The zero-order valence-corrected chi connectivity index (χ0v) is 13.8. The molecule has 126 valence electrons. The van der Waals surface area contributed by atoms with Gasteiger partial charge >= 0.3 is 12.1 Å². The van der Waals surface area contributed by atoms with Crippen molar-refractivity contribution in [2.45, 2.75) is 39.3 Å². The molecule has 1 aliphatic rings. The second-order valence-electron chi connectivity index (χ2n) is 6.47. The summed E-state index contributed by atoms with van der Waals surface area (Å²) in [6, 6.07) is 0.842. The van der Waals surface area contributed by atoms with E-state index in [0.717, 1.165) is 5.69 Å². The highest BCUT2D eigenvalue weighted by molar-refractivity contribution is 5.79. The third kappa shape index (κ3) is 4.30. The van der Waals surface area contributed by atoms with E-state index >= 15 is 0 Å². The molecule has 0 radical (unpaired) electrons. The van der Waals surface area contributed by atoms with Crippen molar-refractivity contribution >= 4 is 18.0 Å². The molecule has 2 rings (SSSR count). The van der Waals surface area contributed by atoms with Crippen molar-refractivity contribution in [1.82, 2.24) is 14.9 Å². The molecule has 8 heteroatoms. The number of aromatic nitrogens is 2. The number of carbonyl (C=O) groups excluding carboxylic acids is 1. The van der Waals surface area contributed by atoms with Crippen LogP contribution in [0, 0.1) is 6.92 Å². The number of aryl methyl sites for hydroxylation is 1. The summed E-state index contributed by atoms with van der Waals surface area (Å²) in [6.45, 7) is 7.86. The van der Waals surface area contributed by atoms with Crippen molar-refractivity contribution in [2.24, 2.45) is 0 Å². The minimum atomic E-state index is -1.02. The van der Waals surface area contributed by atoms with Crippen LogP contribution in [0.5, 0.6) is 0 Å². The smallest absolute Gasteiger partial charge is 0.410 e. The number of rotatable bonds is 2. The summed E-state index contributed by atoms with van der Waals surface area (Å²) in [6.07, 6.45) is 1.09. The van der Waals surface area contributed by atoms with Crippen molar-refractivity contribution in [3.05, 3.63) is 18.0 Å². The van der Waals surface area contributed by atoms with Gasteiger partial charge in [-0.1, -0.05) is 0 Å². The van der Waals surface area contributed by atoms with Gasteiger partial charge in [0.1, 0.15) is 11.6 Å². The lowest BCUT2D eigenvalue weighted by Gasteiger charge is -2.39. The molecule has 0 saturated carbocycles. The molecule has 0 bridgehead atoms. The first kappa shape index (κ1) is 17.0. The predicted octanol–water partition coefficient (Wildman–Crippen LogP) is 1.30. The number of hydrogen-bond acceptors (Lipinski definition) is 6. The van der Waals surface area contributed by atoms with Crippen LogP contribution in [0.15, 0.2) is 12.3 Å². The second kappa shape index (κ2) is 6.39. The van der Waals surface area contributed by atoms with Gasteiger partial charge in [-0.15, -0.1) is 0 Å². The number of hydrogen-bond donors (Lipinski definition) is 1. The van der Waals surface area contributed by atoms with E-state index in [1.807, 2.05) is 6.92 Å². The number of carboxylic acid groups (broad SMARTS) is 1. The Morgan fingerprint density at radius 2 is 2.04 bits per heavy atom. The van der Waals surface area contributed by atoms with Crippen molar-refractivity contribution in [3.8, 4) is 0 Å². The van der Waals surface area contributed by atoms with Gasteiger partial charge in [-0.25, -0.2) is 19.6 Å². The molecule has 0 spiro atoms. The van der Waals surface area contributed by atoms with Crippen molar-refractivity contribution < 1.29 is 19.4 Å². The van der Waals surface area contributed by atoms with Crippen LogP contribution in [0.2, 0.25) is 0 Å². The number of carbonyl (C=O) groups is 2. The van der Waals surface area contributed by atoms with Crippen LogP contribution in [-0.4, -0.2) is 63.3 Å². The van der Waals surface area contributed by atoms with Gasteiger partial charge in [0.25, 0.3) is 0 Å². The lowest BCUT2D eigenvalue weighted by molar-refractivity contribution is -0.139. The maximum Gasteiger partial charge on any atom is 0.410 e. The van der Waals surface area contributed by atoms with Crippen molar-refractivity contribution in [3.63, 3.8) is 0 Å². The third-order valence-electron chi connectivity index (χ3n) is 3.36. The molecule has 1 fully saturated rings. The van der Waals surface area contributed by atoms with Gasteiger partial charge in [0.15, 0.2) is 0 Å². The Hall–Kier alpha value is -2.38. The van der Waals surface area contributed by atoms with Gasteiger partial charge in [-0.2, -0.15) is 0 Å². The standard InChI is InChI=1S/C15H22N4O4/c1-10-5-6-16-13(17-10)19-8-7-18(9-11(19)12(20)21)14(22)23-15(2,3)4/h5-6,11H,7-9H2,1-4H3,(H,20,21)/t11-/m1/s1. The molecular formula is C15H22N4O4. The van der Waals surface area contributed by atoms with Gasteiger partial charge in [0, 0.05) is 25.0 Å². The van der Waals surface area contributed by atoms with Crippen LogP contribution >= 0.6 is 0 Å². The van der Waals surface area contributed by atoms with Gasteiger partial charge in [-0.3, -0.25) is 0 Å². The summed E-state index contributed by atoms with van der Waals surface area (Å²) < 4.78 is 5.31. The van der Waals surface area contributed by atoms with E-state index in [4.69, 9.17) is 4.74 Å². The molecule has 0 aliphatic carbocycles. The molecular weight excluding hydrogens is 300 g/mol. The first-order chi connectivity index (χ1) is 10.7. The highest BCUT2D eigenvalue weighted by atomic mass is 16.6. The fourth-order valence-electron chi connectivity index (χ4n) is 2.30. The Morgan fingerprint density at radius 3 is 2.61 bits per heavy atom. The molecule has 0 unspecified atom stereocenters. The summed E-state index contributed by atoms with van der Waals surface area (Å²) >= 11 is 0. The van der Waals surface area contributed by atoms with Crippen molar-refractivity contribution in [2.75, 3.05) is 24.5 Å². The quantitative estimate of drug-likeness (QED) is 0.876. The monoisotopic (exact) mass is 322 g/mol. The van der Waals surface area contributed by atoms with Crippen LogP contribution in [0.25, 0.3) is 0 Å². The molecule has 0 aromatic carbocycles. The third-order valence-corrected chi connectivity index (χ3v) is 3.36. The predicted molar refractivity (Wildman–Crippen MR) is 83.3 cm³/mol. The molecule has 1 aromatic heterocycles. The van der Waals surface area contributed by atoms with E-state index in [-0.39, 0.29) is 6.54 Å². The highest BCUT2D eigenvalue weighted by Crippen LogP contribution is 2.19. The summed E-state index contributed by atoms with van der Waals surface area (Å²) in [5.74, 6) is -0.662. The van der Waals surface area contributed by atoms with Crippen molar-refractivity contribution in [1.29, 1.82) is 0 Å². The molecule has 1 aliphatic heterocycles. The zero-order valence-electron chi connectivity index (χ0n) is 13.8. The fraction of sp³-hybridized carbons (Fsp3) is 0.600. The Balaban J connectivity index is 2.15. The van der Waals surface area contributed by atoms with E-state index in [2.05, 4.69) is 9.97 Å². The van der Waals surface area contributed by atoms with E-state index in [1.165, 1.54) is 4.90 Å². The Kier molecular flexibility index (Phi) is 4.72. The number of piperazine rings is 1. The summed E-state index contributed by atoms with van der Waals surface area (Å²) in [5.41, 5.74) is 0.140. The molecule has 8 nitrogen and oxygen atoms in total. The lowest BCUT2D eigenvalue weighted by Crippen LogP contribution is -2.59. The number of anilines is 1. The molecule has 1 aromatic rings. The van der Waals surface area contributed by atoms with Crippen LogP contribution in [0.1, 0.15) is 26.5 Å². The van der Waals surface area contributed by atoms with Gasteiger partial charge < -0.3 is 19.6 Å². The second-order valence-corrected chi connectivity index (χ2v) is 6.47. The molecule has 2 heterocycles. The summed E-state index contributed by atoms with van der Waals surface area (Å²) in [7, 11) is 0. The maximum absolute atomic E-state index is 12.1. The van der Waals surface area contributed by atoms with E-state index in [9.17, 15) is 14.7 Å². The van der Waals surface area contributed by atoms with E-state index < -0.39 is 23.7 Å². The van der Waals surface area contributed by atoms with E-state index in [0.29, 0.717) is 19.0 Å². The fourth-order valence-corrected chi connectivity index (χ4v) is 2.30. The Morgan fingerprint density at radius 1 is 1.35 bits per heavy atom. The number of carboxylic acids is 1. The number of ether oxygens (including phenoxy) is 1. The molecule has 1 atom stereocenters. The average Bonchev–Trinajstić information content (AvgIpc) is 2.44. The Bertz CT molecular complexity index is 599. The minimum Gasteiger partial charge on any atom is -0.480 e. The van der Waals surface area contributed by atoms with Crippen LogP contribution in [0.4, 0.5) is 10.7 Å². The first-order valence-electron chi connectivity index (χ1n) is 7.44. The molecule has 23 heavy (non-hydrogen) atoms. The summed E-state index contributed by atoms with van der Waals surface area (Å²) in [4.78, 5) is 35.2. The summed E-state index contributed by atoms with van der Waals surface area (Å²) in [5, 5.41) is 9.50. The molecule has 1 amide bonds. The van der Waals surface area contributed by atoms with Gasteiger partial charge in [0.05, 0.1) is 6.54 Å². The lowest BCUT2D eigenvalue weighted by atomic mass is 10.1. The Labute approximate surface area is 135 Å². The topological polar surface area (TPSA) is 95.9 Å². The normalized spacial score (nSPS) is 18.7. The number of amides is 1. The first-order valence-corrected chi connectivity index (χ1v) is 7.44. The van der Waals surface area contributed by atoms with Crippen LogP contribution in [0.3, 0.4) is 0 Å². The van der Waals surface area contributed by atoms with Gasteiger partial charge in [-0.05, 0) is 33.8 Å². The SMILES string of the molecule is Cc1ccnc(N2CCN(C(=O)OC(C)(C)C)C[C@@H]2C(=O)O)n1. The average molecular weight is 322 g/mol. The zero-order chi connectivity index (χ0) is 17.2. The maximum atomic E-state index is 12.1. The van der Waals surface area contributed by atoms with E-state index in [1.54, 1.807) is 37.9 Å². The van der Waals surface area contributed by atoms with Crippen LogP contribution in [-0.2, 0) is 9.53 Å². The number of nitrogens with zero attached hydrogens (tertiary/aromatic N) is 4. The highest BCUT2D eigenvalue weighted by Gasteiger charge is 2.37.